The number of nitrogens with zero attached hydrogens (tertiary/aromatic N) is 1. The highest BCUT2D eigenvalue weighted by Crippen LogP contribution is 2.54. The van der Waals surface area contributed by atoms with Crippen molar-refractivity contribution in [3.05, 3.63) is 29.8 Å². The monoisotopic (exact) mass is 297 g/mol. The minimum Gasteiger partial charge on any atom is -0.496 e. The molecule has 1 rings (SSSR count). The van der Waals surface area contributed by atoms with Gasteiger partial charge in [-0.15, -0.1) is 0 Å². The molecule has 6 heteroatoms. The van der Waals surface area contributed by atoms with Crippen molar-refractivity contribution in [3.8, 4) is 11.8 Å². The zero-order valence-corrected chi connectivity index (χ0v) is 12.9. The SMILES string of the molecule is CCOP(=O)(OCC)[C@@H](C#N)Cc1ccccc1OC. The molecular weight excluding hydrogens is 277 g/mol. The molecule has 0 N–H and O–H groups in total. The van der Waals surface area contributed by atoms with Crippen LogP contribution in [0, 0.1) is 11.3 Å². The number of benzene rings is 1. The molecule has 0 aromatic heterocycles. The van der Waals surface area contributed by atoms with Gasteiger partial charge in [0.1, 0.15) is 5.75 Å². The molecule has 1 atom stereocenters. The normalized spacial score (nSPS) is 12.7. The topological polar surface area (TPSA) is 68.5 Å². The van der Waals surface area contributed by atoms with Crippen LogP contribution in [0.5, 0.6) is 5.75 Å². The third-order valence-electron chi connectivity index (χ3n) is 2.75. The summed E-state index contributed by atoms with van der Waals surface area (Å²) in [5, 5.41) is 9.32. The van der Waals surface area contributed by atoms with E-state index in [2.05, 4.69) is 0 Å². The van der Waals surface area contributed by atoms with Gasteiger partial charge in [-0.1, -0.05) is 18.2 Å². The van der Waals surface area contributed by atoms with Crippen molar-refractivity contribution in [1.82, 2.24) is 0 Å². The van der Waals surface area contributed by atoms with E-state index in [1.54, 1.807) is 27.0 Å². The quantitative estimate of drug-likeness (QED) is 0.688. The van der Waals surface area contributed by atoms with Crippen molar-refractivity contribution < 1.29 is 18.3 Å². The van der Waals surface area contributed by atoms with Gasteiger partial charge in [0.25, 0.3) is 0 Å². The molecule has 0 spiro atoms. The second-order valence-electron chi connectivity index (χ2n) is 4.04. The van der Waals surface area contributed by atoms with E-state index in [0.29, 0.717) is 5.75 Å². The minimum absolute atomic E-state index is 0.237. The van der Waals surface area contributed by atoms with Gasteiger partial charge in [-0.2, -0.15) is 5.26 Å². The number of ether oxygens (including phenoxy) is 1. The van der Waals surface area contributed by atoms with E-state index in [9.17, 15) is 9.83 Å². The smallest absolute Gasteiger partial charge is 0.348 e. The summed E-state index contributed by atoms with van der Waals surface area (Å²) in [5.41, 5.74) is -0.0418. The van der Waals surface area contributed by atoms with Gasteiger partial charge in [0.2, 0.25) is 0 Å². The average Bonchev–Trinajstić information content (AvgIpc) is 2.45. The zero-order chi connectivity index (χ0) is 15.0. The highest BCUT2D eigenvalue weighted by atomic mass is 31.2. The molecule has 0 bridgehead atoms. The van der Waals surface area contributed by atoms with Gasteiger partial charge in [-0.3, -0.25) is 4.57 Å². The summed E-state index contributed by atoms with van der Waals surface area (Å²) in [7, 11) is -1.88. The fourth-order valence-corrected chi connectivity index (χ4v) is 3.60. The standard InChI is InChI=1S/C14H20NO4P/c1-4-18-20(16,19-5-2)13(11-15)10-12-8-6-7-9-14(12)17-3/h6-9,13H,4-5,10H2,1-3H3/t13-/m1/s1. The molecule has 20 heavy (non-hydrogen) atoms. The van der Waals surface area contributed by atoms with Gasteiger partial charge in [0.15, 0.2) is 5.66 Å². The summed E-state index contributed by atoms with van der Waals surface area (Å²) in [6, 6.07) is 9.37. The van der Waals surface area contributed by atoms with Crippen LogP contribution in [0.3, 0.4) is 0 Å². The molecule has 5 nitrogen and oxygen atoms in total. The number of para-hydroxylation sites is 1. The van der Waals surface area contributed by atoms with E-state index >= 15 is 0 Å². The molecule has 0 aliphatic rings. The van der Waals surface area contributed by atoms with Crippen LogP contribution in [0.1, 0.15) is 19.4 Å². The van der Waals surface area contributed by atoms with Crippen LogP contribution in [0.15, 0.2) is 24.3 Å². The lowest BCUT2D eigenvalue weighted by molar-refractivity contribution is 0.215. The predicted molar refractivity (Wildman–Crippen MR) is 77.0 cm³/mol. The van der Waals surface area contributed by atoms with Crippen LogP contribution in [0.2, 0.25) is 0 Å². The van der Waals surface area contributed by atoms with Crippen LogP contribution >= 0.6 is 7.60 Å². The van der Waals surface area contributed by atoms with Crippen molar-refractivity contribution in [3.63, 3.8) is 0 Å². The highest BCUT2D eigenvalue weighted by Gasteiger charge is 2.36. The van der Waals surface area contributed by atoms with Crippen molar-refractivity contribution in [2.24, 2.45) is 0 Å². The maximum Gasteiger partial charge on any atom is 0.348 e. The van der Waals surface area contributed by atoms with Gasteiger partial charge < -0.3 is 13.8 Å². The summed E-state index contributed by atoms with van der Waals surface area (Å²) in [6.07, 6.45) is 0.262. The third-order valence-corrected chi connectivity index (χ3v) is 5.05. The molecule has 0 saturated carbocycles. The van der Waals surface area contributed by atoms with Gasteiger partial charge in [-0.05, 0) is 25.5 Å². The zero-order valence-electron chi connectivity index (χ0n) is 12.0. The Balaban J connectivity index is 3.01. The molecule has 1 aromatic rings. The summed E-state index contributed by atoms with van der Waals surface area (Å²) in [5.74, 6) is 0.660. The Bertz CT molecular complexity index is 502. The minimum atomic E-state index is -3.44. The number of nitriles is 1. The molecule has 0 heterocycles. The Morgan fingerprint density at radius 1 is 1.25 bits per heavy atom. The Hall–Kier alpha value is -1.34. The van der Waals surface area contributed by atoms with Gasteiger partial charge in [0.05, 0.1) is 26.4 Å². The van der Waals surface area contributed by atoms with E-state index in [0.717, 1.165) is 5.56 Å². The van der Waals surface area contributed by atoms with Crippen LogP contribution in [0.25, 0.3) is 0 Å². The highest BCUT2D eigenvalue weighted by molar-refractivity contribution is 7.55. The summed E-state index contributed by atoms with van der Waals surface area (Å²) < 4.78 is 28.4. The molecule has 0 unspecified atom stereocenters. The first-order valence-electron chi connectivity index (χ1n) is 6.51. The molecule has 110 valence electrons. The Morgan fingerprint density at radius 3 is 2.35 bits per heavy atom. The Labute approximate surface area is 120 Å². The predicted octanol–water partition coefficient (Wildman–Crippen LogP) is 3.40. The first-order valence-corrected chi connectivity index (χ1v) is 8.12. The van der Waals surface area contributed by atoms with Gasteiger partial charge >= 0.3 is 7.60 Å². The number of rotatable bonds is 8. The molecule has 0 saturated heterocycles. The van der Waals surface area contributed by atoms with E-state index in [1.165, 1.54) is 0 Å². The van der Waals surface area contributed by atoms with E-state index in [1.807, 2.05) is 24.3 Å². The van der Waals surface area contributed by atoms with Gasteiger partial charge in [-0.25, -0.2) is 0 Å². The maximum absolute atomic E-state index is 12.6. The third kappa shape index (κ3) is 4.08. The Kier molecular flexibility index (Phi) is 6.74. The largest absolute Gasteiger partial charge is 0.496 e. The lowest BCUT2D eigenvalue weighted by Gasteiger charge is -2.22. The molecular formula is C14H20NO4P. The fourth-order valence-electron chi connectivity index (χ4n) is 1.89. The molecule has 0 fully saturated rings. The van der Waals surface area contributed by atoms with E-state index in [4.69, 9.17) is 13.8 Å². The average molecular weight is 297 g/mol. The van der Waals surface area contributed by atoms with Crippen LogP contribution in [-0.2, 0) is 20.0 Å². The first kappa shape index (κ1) is 16.7. The van der Waals surface area contributed by atoms with Crippen LogP contribution in [-0.4, -0.2) is 26.0 Å². The maximum atomic E-state index is 12.6. The fraction of sp³-hybridized carbons (Fsp3) is 0.500. The van der Waals surface area contributed by atoms with Crippen molar-refractivity contribution in [2.45, 2.75) is 25.9 Å². The lowest BCUT2D eigenvalue weighted by Crippen LogP contribution is -2.15. The first-order chi connectivity index (χ1) is 9.61. The van der Waals surface area contributed by atoms with Crippen molar-refractivity contribution in [1.29, 1.82) is 5.26 Å². The van der Waals surface area contributed by atoms with E-state index < -0.39 is 13.3 Å². The van der Waals surface area contributed by atoms with Crippen LogP contribution in [0.4, 0.5) is 0 Å². The number of hydrogen-bond acceptors (Lipinski definition) is 5. The second-order valence-corrected chi connectivity index (χ2v) is 6.26. The number of methoxy groups -OCH3 is 1. The van der Waals surface area contributed by atoms with Crippen LogP contribution < -0.4 is 4.74 Å². The summed E-state index contributed by atoms with van der Waals surface area (Å²) >= 11 is 0. The molecule has 0 aliphatic heterocycles. The van der Waals surface area contributed by atoms with Gasteiger partial charge in [0, 0.05) is 6.42 Å². The summed E-state index contributed by atoms with van der Waals surface area (Å²) in [6.45, 7) is 3.93. The van der Waals surface area contributed by atoms with E-state index in [-0.39, 0.29) is 19.6 Å². The summed E-state index contributed by atoms with van der Waals surface area (Å²) in [4.78, 5) is 0. The number of hydrogen-bond donors (Lipinski definition) is 0. The molecule has 0 amide bonds. The lowest BCUT2D eigenvalue weighted by atomic mass is 10.1. The van der Waals surface area contributed by atoms with Crippen molar-refractivity contribution in [2.75, 3.05) is 20.3 Å². The second kappa shape index (κ2) is 8.06. The molecule has 1 aromatic carbocycles. The van der Waals surface area contributed by atoms with Crippen molar-refractivity contribution >= 4 is 7.60 Å². The Morgan fingerprint density at radius 2 is 1.85 bits per heavy atom. The molecule has 0 aliphatic carbocycles. The molecule has 0 radical (unpaired) electrons.